The summed E-state index contributed by atoms with van der Waals surface area (Å²) >= 11 is 48.1. The second-order valence-corrected chi connectivity index (χ2v) is 12.1. The van der Waals surface area contributed by atoms with Crippen LogP contribution < -0.4 is 4.52 Å². The molecule has 3 aromatic carbocycles. The first-order chi connectivity index (χ1) is 14.7. The zero-order valence-corrected chi connectivity index (χ0v) is 25.1. The number of benzene rings is 3. The monoisotopic (exact) mass is 764 g/mol. The van der Waals surface area contributed by atoms with Gasteiger partial charge in [-0.1, -0.05) is 69.6 Å². The van der Waals surface area contributed by atoms with Crippen LogP contribution in [0.3, 0.4) is 0 Å². The molecule has 32 heavy (non-hydrogen) atoms. The highest BCUT2D eigenvalue weighted by molar-refractivity contribution is 9.12. The van der Waals surface area contributed by atoms with Gasteiger partial charge in [-0.3, -0.25) is 9.79 Å². The molecule has 0 heterocycles. The highest BCUT2D eigenvalue weighted by atomic mass is 79.9. The minimum Gasteiger partial charge on any atom is -0.402 e. The van der Waals surface area contributed by atoms with Crippen molar-refractivity contribution in [2.24, 2.45) is 0 Å². The Kier molecular flexibility index (Phi) is 8.91. The zero-order valence-electron chi connectivity index (χ0n) is 14.9. The standard InChI is InChI=1S/C18H6Br3Cl6O4P/c19-15-13(11-7(24)1-5(22)2-8(11)25)16(20)18(31-32(28,29)30)17(21)14(15)12-9(26)3-6(23)4-10(12)27/h1-4H,(H2,28,29,30). The summed E-state index contributed by atoms with van der Waals surface area (Å²) in [5.41, 5.74) is 1.23. The SMILES string of the molecule is O=P(O)(O)Oc1c(Br)c(-c2c(Cl)cc(Cl)cc2Cl)c(Br)c(-c2c(Cl)cc(Cl)cc2Cl)c1Br. The lowest BCUT2D eigenvalue weighted by molar-refractivity contribution is 0.282. The second kappa shape index (κ2) is 10.4. The Balaban J connectivity index is 2.55. The Bertz CT molecular complexity index is 1180. The molecular formula is C18H6Br3Cl6O4P. The van der Waals surface area contributed by atoms with E-state index in [1.165, 1.54) is 24.3 Å². The maximum atomic E-state index is 11.7. The molecule has 0 saturated carbocycles. The van der Waals surface area contributed by atoms with E-state index < -0.39 is 7.82 Å². The summed E-state index contributed by atoms with van der Waals surface area (Å²) in [7, 11) is -4.99. The Morgan fingerprint density at radius 3 is 1.22 bits per heavy atom. The first-order valence-electron chi connectivity index (χ1n) is 7.98. The largest absolute Gasteiger partial charge is 0.524 e. The maximum absolute atomic E-state index is 11.7. The van der Waals surface area contributed by atoms with E-state index in [1.807, 2.05) is 0 Å². The van der Waals surface area contributed by atoms with Crippen LogP contribution in [0.1, 0.15) is 0 Å². The molecule has 0 bridgehead atoms. The molecule has 0 amide bonds. The molecule has 0 aromatic heterocycles. The summed E-state index contributed by atoms with van der Waals surface area (Å²) in [5.74, 6) is -0.240. The fourth-order valence-electron chi connectivity index (χ4n) is 2.84. The third-order valence-electron chi connectivity index (χ3n) is 4.00. The Labute approximate surface area is 237 Å². The molecule has 4 nitrogen and oxygen atoms in total. The molecule has 3 rings (SSSR count). The molecular weight excluding hydrogens is 764 g/mol. The third-order valence-corrected chi connectivity index (χ3v) is 8.36. The van der Waals surface area contributed by atoms with Crippen LogP contribution in [-0.2, 0) is 4.57 Å². The summed E-state index contributed by atoms with van der Waals surface area (Å²) in [6.07, 6.45) is 0. The Hall–Kier alpha value is 0.790. The quantitative estimate of drug-likeness (QED) is 0.259. The van der Waals surface area contributed by atoms with E-state index in [4.69, 9.17) is 74.1 Å². The molecule has 0 aliphatic heterocycles. The first kappa shape index (κ1) is 27.4. The van der Waals surface area contributed by atoms with Crippen molar-refractivity contribution < 1.29 is 18.9 Å². The number of hydrogen-bond donors (Lipinski definition) is 2. The molecule has 0 atom stereocenters. The number of phosphoric acid groups is 1. The van der Waals surface area contributed by atoms with Crippen LogP contribution >= 0.6 is 125 Å². The van der Waals surface area contributed by atoms with Crippen LogP contribution in [-0.4, -0.2) is 9.79 Å². The van der Waals surface area contributed by atoms with Crippen LogP contribution in [0.5, 0.6) is 5.75 Å². The van der Waals surface area contributed by atoms with Gasteiger partial charge in [0, 0.05) is 36.8 Å². The van der Waals surface area contributed by atoms with Crippen molar-refractivity contribution >= 4 is 125 Å². The predicted molar refractivity (Wildman–Crippen MR) is 143 cm³/mol. The summed E-state index contributed by atoms with van der Waals surface area (Å²) < 4.78 is 17.4. The molecule has 0 spiro atoms. The smallest absolute Gasteiger partial charge is 0.402 e. The van der Waals surface area contributed by atoms with Crippen LogP contribution in [0.2, 0.25) is 30.1 Å². The lowest BCUT2D eigenvalue weighted by Crippen LogP contribution is -1.99. The predicted octanol–water partition coefficient (Wildman–Crippen LogP) is 10.7. The molecule has 2 N–H and O–H groups in total. The fourth-order valence-corrected chi connectivity index (χ4v) is 8.47. The molecule has 0 saturated heterocycles. The normalized spacial score (nSPS) is 11.7. The third kappa shape index (κ3) is 5.61. The van der Waals surface area contributed by atoms with Crippen molar-refractivity contribution in [3.8, 4) is 28.0 Å². The van der Waals surface area contributed by atoms with Gasteiger partial charge in [-0.25, -0.2) is 4.57 Å². The fraction of sp³-hybridized carbons (Fsp3) is 0. The molecule has 14 heteroatoms. The van der Waals surface area contributed by atoms with Gasteiger partial charge in [-0.2, -0.15) is 0 Å². The summed E-state index contributed by atoms with van der Waals surface area (Å²) in [6.45, 7) is 0. The minimum absolute atomic E-state index is 0.135. The van der Waals surface area contributed by atoms with Crippen molar-refractivity contribution in [2.45, 2.75) is 0 Å². The number of rotatable bonds is 4. The Morgan fingerprint density at radius 2 is 0.938 bits per heavy atom. The van der Waals surface area contributed by atoms with Crippen LogP contribution in [0, 0.1) is 0 Å². The molecule has 170 valence electrons. The molecule has 0 aliphatic rings. The topological polar surface area (TPSA) is 66.8 Å². The molecule has 0 unspecified atom stereocenters. The lowest BCUT2D eigenvalue weighted by atomic mass is 9.98. The van der Waals surface area contributed by atoms with E-state index in [2.05, 4.69) is 47.8 Å². The van der Waals surface area contributed by atoms with E-state index in [-0.39, 0.29) is 34.8 Å². The minimum atomic E-state index is -4.99. The highest BCUT2D eigenvalue weighted by Crippen LogP contribution is 2.58. The number of hydrogen-bond acceptors (Lipinski definition) is 2. The number of phosphoric ester groups is 1. The van der Waals surface area contributed by atoms with E-state index in [9.17, 15) is 14.4 Å². The average Bonchev–Trinajstić information content (AvgIpc) is 2.62. The second-order valence-electron chi connectivity index (χ2n) is 6.09. The van der Waals surface area contributed by atoms with E-state index in [0.717, 1.165) is 0 Å². The molecule has 0 aliphatic carbocycles. The van der Waals surface area contributed by atoms with Crippen molar-refractivity contribution in [1.82, 2.24) is 0 Å². The zero-order chi connectivity index (χ0) is 24.1. The van der Waals surface area contributed by atoms with Crippen molar-refractivity contribution in [3.05, 3.63) is 67.8 Å². The van der Waals surface area contributed by atoms with Crippen molar-refractivity contribution in [2.75, 3.05) is 0 Å². The van der Waals surface area contributed by atoms with Gasteiger partial charge in [0.15, 0.2) is 5.75 Å². The van der Waals surface area contributed by atoms with Crippen LogP contribution in [0.4, 0.5) is 0 Å². The van der Waals surface area contributed by atoms with E-state index in [0.29, 0.717) is 36.8 Å². The summed E-state index contributed by atoms with van der Waals surface area (Å²) in [6, 6.07) is 5.88. The maximum Gasteiger partial charge on any atom is 0.524 e. The first-order valence-corrected chi connectivity index (χ1v) is 14.2. The highest BCUT2D eigenvalue weighted by Gasteiger charge is 2.31. The number of halogens is 9. The van der Waals surface area contributed by atoms with Crippen LogP contribution in [0.25, 0.3) is 22.3 Å². The van der Waals surface area contributed by atoms with Gasteiger partial charge in [0.05, 0.1) is 29.0 Å². The summed E-state index contributed by atoms with van der Waals surface area (Å²) in [5, 5.41) is 1.29. The molecule has 0 fully saturated rings. The molecule has 3 aromatic rings. The van der Waals surface area contributed by atoms with Crippen molar-refractivity contribution in [3.63, 3.8) is 0 Å². The van der Waals surface area contributed by atoms with Crippen molar-refractivity contribution in [1.29, 1.82) is 0 Å². The Morgan fingerprint density at radius 1 is 0.625 bits per heavy atom. The van der Waals surface area contributed by atoms with Gasteiger partial charge in [0.1, 0.15) is 0 Å². The van der Waals surface area contributed by atoms with E-state index >= 15 is 0 Å². The van der Waals surface area contributed by atoms with Gasteiger partial charge < -0.3 is 4.52 Å². The van der Waals surface area contributed by atoms with Gasteiger partial charge in [0.2, 0.25) is 0 Å². The van der Waals surface area contributed by atoms with E-state index in [1.54, 1.807) is 0 Å². The van der Waals surface area contributed by atoms with Gasteiger partial charge in [0.25, 0.3) is 0 Å². The van der Waals surface area contributed by atoms with Gasteiger partial charge in [-0.15, -0.1) is 0 Å². The van der Waals surface area contributed by atoms with Crippen LogP contribution in [0.15, 0.2) is 37.7 Å². The lowest BCUT2D eigenvalue weighted by Gasteiger charge is -2.22. The summed E-state index contributed by atoms with van der Waals surface area (Å²) in [4.78, 5) is 19.0. The molecule has 0 radical (unpaired) electrons. The van der Waals surface area contributed by atoms with Gasteiger partial charge in [-0.05, 0) is 72.1 Å². The average molecular weight is 770 g/mol. The van der Waals surface area contributed by atoms with Gasteiger partial charge >= 0.3 is 7.82 Å².